The normalized spacial score (nSPS) is 21.8. The van der Waals surface area contributed by atoms with Gasteiger partial charge >= 0.3 is 0 Å². The van der Waals surface area contributed by atoms with Crippen LogP contribution < -0.4 is 10.2 Å². The highest BCUT2D eigenvalue weighted by Crippen LogP contribution is 2.43. The van der Waals surface area contributed by atoms with Crippen molar-refractivity contribution in [2.75, 3.05) is 37.6 Å². The zero-order valence-electron chi connectivity index (χ0n) is 17.3. The quantitative estimate of drug-likeness (QED) is 0.800. The largest absolute Gasteiger partial charge is 0.312 e. The Morgan fingerprint density at radius 1 is 1.34 bits per heavy atom. The molecule has 0 saturated carbocycles. The average molecular weight is 428 g/mol. The number of halogens is 1. The van der Waals surface area contributed by atoms with Crippen LogP contribution in [0.1, 0.15) is 47.6 Å². The highest BCUT2D eigenvalue weighted by Gasteiger charge is 2.40. The highest BCUT2D eigenvalue weighted by atomic mass is 32.2. The van der Waals surface area contributed by atoms with Gasteiger partial charge < -0.3 is 10.2 Å². The summed E-state index contributed by atoms with van der Waals surface area (Å²) in [6, 6.07) is 2.97. The second-order valence-corrected chi connectivity index (χ2v) is 11.3. The fraction of sp³-hybridized carbons (Fsp3) is 0.667. The molecule has 1 amide bonds. The zero-order chi connectivity index (χ0) is 20.9. The summed E-state index contributed by atoms with van der Waals surface area (Å²) in [6.07, 6.45) is 0. The third-order valence-electron chi connectivity index (χ3n) is 5.66. The third-order valence-corrected chi connectivity index (χ3v) is 7.83. The molecule has 2 aliphatic heterocycles. The van der Waals surface area contributed by atoms with Crippen molar-refractivity contribution in [2.24, 2.45) is 0 Å². The van der Waals surface area contributed by atoms with Crippen LogP contribution in [0, 0.1) is 5.82 Å². The Kier molecular flexibility index (Phi) is 6.82. The van der Waals surface area contributed by atoms with Gasteiger partial charge in [0.05, 0.1) is 11.8 Å². The van der Waals surface area contributed by atoms with Gasteiger partial charge in [-0.1, -0.05) is 21.3 Å². The molecule has 1 aromatic carbocycles. The van der Waals surface area contributed by atoms with Gasteiger partial charge in [0.25, 0.3) is 0 Å². The first-order chi connectivity index (χ1) is 12.9. The van der Waals surface area contributed by atoms with Crippen molar-refractivity contribution in [1.82, 2.24) is 10.2 Å². The summed E-state index contributed by atoms with van der Waals surface area (Å²) >= 11 is 0. The molecule has 0 aromatic heterocycles. The van der Waals surface area contributed by atoms with E-state index in [2.05, 4.69) is 17.1 Å². The molecule has 8 heteroatoms. The predicted octanol–water partition coefficient (Wildman–Crippen LogP) is 2.56. The van der Waals surface area contributed by atoms with Crippen molar-refractivity contribution in [1.29, 1.82) is 0 Å². The van der Waals surface area contributed by atoms with Gasteiger partial charge in [0.15, 0.2) is 9.84 Å². The Morgan fingerprint density at radius 3 is 2.59 bits per heavy atom. The Hall–Kier alpha value is -1.51. The number of rotatable bonds is 4. The van der Waals surface area contributed by atoms with Gasteiger partial charge in [-0.15, -0.1) is 0 Å². The second-order valence-electron chi connectivity index (χ2n) is 8.85. The minimum Gasteiger partial charge on any atom is -0.312 e. The first kappa shape index (κ1) is 23.8. The van der Waals surface area contributed by atoms with Crippen LogP contribution >= 0.6 is 0 Å². The van der Waals surface area contributed by atoms with Crippen LogP contribution in [0.5, 0.6) is 0 Å². The van der Waals surface area contributed by atoms with E-state index in [1.54, 1.807) is 4.90 Å². The molecule has 1 atom stereocenters. The fourth-order valence-electron chi connectivity index (χ4n) is 4.00. The molecule has 3 rings (SSSR count). The van der Waals surface area contributed by atoms with Crippen molar-refractivity contribution in [2.45, 2.75) is 63.6 Å². The van der Waals surface area contributed by atoms with E-state index in [0.717, 1.165) is 19.6 Å². The fourth-order valence-corrected chi connectivity index (χ4v) is 5.12. The summed E-state index contributed by atoms with van der Waals surface area (Å²) in [5.74, 6) is -0.828. The summed E-state index contributed by atoms with van der Waals surface area (Å²) in [5, 5.41) is 2.61. The van der Waals surface area contributed by atoms with Gasteiger partial charge in [0, 0.05) is 43.3 Å². The lowest BCUT2D eigenvalue weighted by Gasteiger charge is -2.32. The number of benzene rings is 1. The number of fused-ring (bicyclic) bond motifs is 1. The van der Waals surface area contributed by atoms with E-state index < -0.39 is 26.3 Å². The van der Waals surface area contributed by atoms with E-state index in [1.807, 2.05) is 13.8 Å². The molecule has 2 aliphatic rings. The van der Waals surface area contributed by atoms with Crippen LogP contribution in [-0.2, 0) is 20.0 Å². The molecular formula is C21H34FN3O3S. The number of nitrogens with zero attached hydrogens (tertiary/aromatic N) is 2. The summed E-state index contributed by atoms with van der Waals surface area (Å²) in [4.78, 5) is 16.5. The predicted molar refractivity (Wildman–Crippen MR) is 115 cm³/mol. The molecule has 6 nitrogen and oxygen atoms in total. The smallest absolute Gasteiger partial charge is 0.241 e. The Bertz CT molecular complexity index is 883. The number of carbonyl (C=O) groups is 1. The number of nitrogens with one attached hydrogen (secondary N) is 1. The van der Waals surface area contributed by atoms with Crippen LogP contribution in [0.15, 0.2) is 17.0 Å². The Labute approximate surface area is 174 Å². The summed E-state index contributed by atoms with van der Waals surface area (Å²) in [5.41, 5.74) is 0.747. The Balaban J connectivity index is 0.00000300. The van der Waals surface area contributed by atoms with Gasteiger partial charge in [-0.2, -0.15) is 0 Å². The van der Waals surface area contributed by atoms with Crippen LogP contribution in [0.25, 0.3) is 0 Å². The monoisotopic (exact) mass is 427 g/mol. The molecule has 0 unspecified atom stereocenters. The maximum atomic E-state index is 14.7. The third kappa shape index (κ3) is 4.49. The summed E-state index contributed by atoms with van der Waals surface area (Å²) in [6.45, 7) is 12.1. The van der Waals surface area contributed by atoms with E-state index in [4.69, 9.17) is 0 Å². The van der Waals surface area contributed by atoms with Crippen LogP contribution in [0.2, 0.25) is 0 Å². The number of piperazine rings is 1. The number of sulfone groups is 1. The number of anilines is 1. The van der Waals surface area contributed by atoms with Crippen molar-refractivity contribution >= 4 is 21.4 Å². The summed E-state index contributed by atoms with van der Waals surface area (Å²) in [7, 11) is -3.78. The standard InChI is InChI=1S/C20H30FN3O3S.CH4/c1-13(2)28(26,27)18-9-17-15(8-16(18)21)20(4,5)12-24(17)19(25)11-23-7-6-22-14(3)10-23;/h8-9,13-14,22H,6-7,10-12H2,1-5H3;1H4/t14-;/m1./s1. The molecule has 0 radical (unpaired) electrons. The van der Waals surface area contributed by atoms with E-state index in [9.17, 15) is 17.6 Å². The molecule has 1 saturated heterocycles. The SMILES string of the molecule is C.CC(C)S(=O)(=O)c1cc2c(cc1F)C(C)(C)CN2C(=O)CN1CCN[C@H](C)C1. The number of hydrogen-bond donors (Lipinski definition) is 1. The van der Waals surface area contributed by atoms with E-state index in [-0.39, 0.29) is 24.8 Å². The maximum Gasteiger partial charge on any atom is 0.241 e. The lowest BCUT2D eigenvalue weighted by Crippen LogP contribution is -2.52. The molecule has 0 spiro atoms. The minimum absolute atomic E-state index is 0. The van der Waals surface area contributed by atoms with Crippen molar-refractivity contribution in [3.8, 4) is 0 Å². The molecule has 0 bridgehead atoms. The Morgan fingerprint density at radius 2 is 2.00 bits per heavy atom. The van der Waals surface area contributed by atoms with E-state index in [0.29, 0.717) is 23.8 Å². The highest BCUT2D eigenvalue weighted by molar-refractivity contribution is 7.92. The number of amides is 1. The van der Waals surface area contributed by atoms with Gasteiger partial charge in [-0.3, -0.25) is 9.69 Å². The molecule has 2 heterocycles. The van der Waals surface area contributed by atoms with Crippen molar-refractivity contribution in [3.05, 3.63) is 23.5 Å². The zero-order valence-corrected chi connectivity index (χ0v) is 18.1. The molecule has 1 N–H and O–H groups in total. The van der Waals surface area contributed by atoms with E-state index in [1.165, 1.54) is 26.0 Å². The van der Waals surface area contributed by atoms with Crippen LogP contribution in [-0.4, -0.2) is 63.2 Å². The lowest BCUT2D eigenvalue weighted by molar-refractivity contribution is -0.120. The van der Waals surface area contributed by atoms with Crippen LogP contribution in [0.4, 0.5) is 10.1 Å². The van der Waals surface area contributed by atoms with Gasteiger partial charge in [-0.25, -0.2) is 12.8 Å². The topological polar surface area (TPSA) is 69.7 Å². The maximum absolute atomic E-state index is 14.7. The van der Waals surface area contributed by atoms with Gasteiger partial charge in [0.2, 0.25) is 5.91 Å². The molecule has 1 aromatic rings. The van der Waals surface area contributed by atoms with Crippen molar-refractivity contribution < 1.29 is 17.6 Å². The van der Waals surface area contributed by atoms with Crippen LogP contribution in [0.3, 0.4) is 0 Å². The molecule has 29 heavy (non-hydrogen) atoms. The number of hydrogen-bond acceptors (Lipinski definition) is 5. The molecular weight excluding hydrogens is 393 g/mol. The molecule has 1 fully saturated rings. The first-order valence-electron chi connectivity index (χ1n) is 9.77. The molecule has 164 valence electrons. The van der Waals surface area contributed by atoms with Gasteiger partial charge in [-0.05, 0) is 38.5 Å². The van der Waals surface area contributed by atoms with E-state index >= 15 is 0 Å². The lowest BCUT2D eigenvalue weighted by atomic mass is 9.87. The average Bonchev–Trinajstić information content (AvgIpc) is 2.85. The minimum atomic E-state index is -3.78. The first-order valence-corrected chi connectivity index (χ1v) is 11.3. The number of carbonyl (C=O) groups excluding carboxylic acids is 1. The van der Waals surface area contributed by atoms with Crippen molar-refractivity contribution in [3.63, 3.8) is 0 Å². The molecule has 0 aliphatic carbocycles. The summed E-state index contributed by atoms with van der Waals surface area (Å²) < 4.78 is 39.9. The second kappa shape index (κ2) is 8.32. The van der Waals surface area contributed by atoms with Gasteiger partial charge in [0.1, 0.15) is 10.7 Å².